The molecule has 0 N–H and O–H groups in total. The molecule has 0 saturated carbocycles. The average molecular weight is 245 g/mol. The fourth-order valence-electron chi connectivity index (χ4n) is 2.40. The maximum atomic E-state index is 10.3. The van der Waals surface area contributed by atoms with Crippen molar-refractivity contribution in [3.8, 4) is 0 Å². The van der Waals surface area contributed by atoms with E-state index in [1.807, 2.05) is 18.4 Å². The summed E-state index contributed by atoms with van der Waals surface area (Å²) in [6, 6.07) is 8.90. The molecule has 1 fully saturated rings. The van der Waals surface area contributed by atoms with Crippen LogP contribution in [0.2, 0.25) is 0 Å². The van der Waals surface area contributed by atoms with E-state index in [9.17, 15) is 4.79 Å². The van der Waals surface area contributed by atoms with E-state index in [1.54, 1.807) is 0 Å². The van der Waals surface area contributed by atoms with Crippen LogP contribution in [0.15, 0.2) is 24.3 Å². The molecule has 97 valence electrons. The number of nitrogens with zero attached hydrogens (tertiary/aromatic N) is 2. The van der Waals surface area contributed by atoms with Crippen molar-refractivity contribution >= 4 is 12.0 Å². The molecule has 0 aromatic heterocycles. The molecule has 0 spiro atoms. The van der Waals surface area contributed by atoms with Crippen LogP contribution in [0.1, 0.15) is 19.4 Å². The smallest absolute Gasteiger partial charge is 0.203 e. The molecule has 18 heavy (non-hydrogen) atoms. The van der Waals surface area contributed by atoms with Crippen LogP contribution in [-0.4, -0.2) is 43.4 Å². The molecule has 0 aliphatic carbocycles. The van der Waals surface area contributed by atoms with Crippen molar-refractivity contribution in [1.82, 2.24) is 4.90 Å². The van der Waals surface area contributed by atoms with Gasteiger partial charge in [-0.1, -0.05) is 12.1 Å². The Morgan fingerprint density at radius 3 is 2.22 bits per heavy atom. The van der Waals surface area contributed by atoms with Crippen molar-refractivity contribution in [2.45, 2.75) is 26.3 Å². The first kappa shape index (κ1) is 13.1. The van der Waals surface area contributed by atoms with Crippen LogP contribution < -0.4 is 4.90 Å². The molecule has 1 aliphatic heterocycles. The minimum atomic E-state index is 0.390. The molecule has 1 aliphatic rings. The van der Waals surface area contributed by atoms with Crippen molar-refractivity contribution in [1.29, 1.82) is 0 Å². The monoisotopic (exact) mass is 245 g/mol. The molecule has 1 heterocycles. The summed E-state index contributed by atoms with van der Waals surface area (Å²) in [4.78, 5) is 15.2. The zero-order valence-corrected chi connectivity index (χ0v) is 11.2. The second kappa shape index (κ2) is 6.01. The molecular formula is C15H21N2O. The zero-order valence-electron chi connectivity index (χ0n) is 11.2. The Morgan fingerprint density at radius 1 is 1.11 bits per heavy atom. The van der Waals surface area contributed by atoms with Gasteiger partial charge in [-0.2, -0.15) is 0 Å². The van der Waals surface area contributed by atoms with E-state index in [0.717, 1.165) is 31.7 Å². The molecule has 0 bridgehead atoms. The van der Waals surface area contributed by atoms with Gasteiger partial charge in [0.2, 0.25) is 6.29 Å². The molecule has 1 radical (unpaired) electrons. The van der Waals surface area contributed by atoms with Gasteiger partial charge in [-0.15, -0.1) is 0 Å². The van der Waals surface area contributed by atoms with Gasteiger partial charge in [0.25, 0.3) is 0 Å². The van der Waals surface area contributed by atoms with Gasteiger partial charge in [0, 0.05) is 44.3 Å². The lowest BCUT2D eigenvalue weighted by molar-refractivity contribution is 0.209. The lowest BCUT2D eigenvalue weighted by atomic mass is 10.1. The molecular weight excluding hydrogens is 224 g/mol. The van der Waals surface area contributed by atoms with Gasteiger partial charge < -0.3 is 4.90 Å². The summed E-state index contributed by atoms with van der Waals surface area (Å²) in [6.45, 7) is 8.92. The maximum Gasteiger partial charge on any atom is 0.203 e. The van der Waals surface area contributed by atoms with Crippen molar-refractivity contribution in [3.63, 3.8) is 0 Å². The Hall–Kier alpha value is -1.35. The molecule has 2 rings (SSSR count). The Kier molecular flexibility index (Phi) is 4.37. The number of hydrogen-bond donors (Lipinski definition) is 0. The van der Waals surface area contributed by atoms with Gasteiger partial charge in [-0.25, -0.2) is 0 Å². The first-order valence-electron chi connectivity index (χ1n) is 6.63. The molecule has 1 aromatic rings. The van der Waals surface area contributed by atoms with Gasteiger partial charge in [0.05, 0.1) is 0 Å². The fourth-order valence-corrected chi connectivity index (χ4v) is 2.40. The third-order valence-electron chi connectivity index (χ3n) is 3.62. The van der Waals surface area contributed by atoms with Gasteiger partial charge in [0.1, 0.15) is 0 Å². The van der Waals surface area contributed by atoms with E-state index < -0.39 is 0 Å². The van der Waals surface area contributed by atoms with Crippen LogP contribution in [0.4, 0.5) is 5.69 Å². The Balaban J connectivity index is 1.94. The number of piperazine rings is 1. The largest absolute Gasteiger partial charge is 0.369 e. The number of hydrogen-bond acceptors (Lipinski definition) is 3. The van der Waals surface area contributed by atoms with E-state index in [1.165, 1.54) is 5.69 Å². The van der Waals surface area contributed by atoms with Crippen molar-refractivity contribution in [2.24, 2.45) is 0 Å². The van der Waals surface area contributed by atoms with E-state index in [4.69, 9.17) is 0 Å². The predicted molar refractivity (Wildman–Crippen MR) is 74.8 cm³/mol. The van der Waals surface area contributed by atoms with Crippen molar-refractivity contribution < 1.29 is 4.79 Å². The average Bonchev–Trinajstić information content (AvgIpc) is 2.40. The highest BCUT2D eigenvalue weighted by Gasteiger charge is 2.18. The van der Waals surface area contributed by atoms with Gasteiger partial charge in [-0.3, -0.25) is 9.69 Å². The molecule has 1 aromatic carbocycles. The minimum absolute atomic E-state index is 0.390. The van der Waals surface area contributed by atoms with Crippen LogP contribution in [0.25, 0.3) is 0 Å². The Labute approximate surface area is 109 Å². The minimum Gasteiger partial charge on any atom is -0.369 e. The summed E-state index contributed by atoms with van der Waals surface area (Å²) in [6.07, 6.45) is 2.32. The van der Waals surface area contributed by atoms with E-state index in [2.05, 4.69) is 35.8 Å². The third-order valence-corrected chi connectivity index (χ3v) is 3.62. The second-order valence-electron chi connectivity index (χ2n) is 5.10. The van der Waals surface area contributed by atoms with Crippen molar-refractivity contribution in [3.05, 3.63) is 29.8 Å². The van der Waals surface area contributed by atoms with Crippen molar-refractivity contribution in [2.75, 3.05) is 31.1 Å². The highest BCUT2D eigenvalue weighted by Crippen LogP contribution is 2.18. The molecule has 3 nitrogen and oxygen atoms in total. The Bertz CT molecular complexity index is 378. The van der Waals surface area contributed by atoms with Crippen LogP contribution in [0, 0.1) is 0 Å². The van der Waals surface area contributed by atoms with Crippen LogP contribution >= 0.6 is 0 Å². The first-order chi connectivity index (χ1) is 8.70. The number of rotatable bonds is 4. The van der Waals surface area contributed by atoms with Gasteiger partial charge in [0.15, 0.2) is 0 Å². The molecule has 0 unspecified atom stereocenters. The number of carbonyl (C=O) groups excluding carboxylic acids is 1. The van der Waals surface area contributed by atoms with E-state index >= 15 is 0 Å². The summed E-state index contributed by atoms with van der Waals surface area (Å²) < 4.78 is 0. The SMILES string of the molecule is CC(C)N1CCN(c2ccc(C[C]=O)cc2)CC1. The highest BCUT2D eigenvalue weighted by molar-refractivity contribution is 5.57. The second-order valence-corrected chi connectivity index (χ2v) is 5.10. The summed E-state index contributed by atoms with van der Waals surface area (Å²) in [5.41, 5.74) is 2.29. The van der Waals surface area contributed by atoms with Crippen LogP contribution in [0.5, 0.6) is 0 Å². The van der Waals surface area contributed by atoms with Crippen LogP contribution in [0.3, 0.4) is 0 Å². The molecule has 3 heteroatoms. The normalized spacial score (nSPS) is 17.2. The predicted octanol–water partition coefficient (Wildman–Crippen LogP) is 1.87. The zero-order chi connectivity index (χ0) is 13.0. The quantitative estimate of drug-likeness (QED) is 0.809. The molecule has 1 saturated heterocycles. The summed E-state index contributed by atoms with van der Waals surface area (Å²) in [7, 11) is 0. The van der Waals surface area contributed by atoms with E-state index in [0.29, 0.717) is 12.5 Å². The van der Waals surface area contributed by atoms with Gasteiger partial charge in [-0.05, 0) is 31.5 Å². The molecule has 0 amide bonds. The number of anilines is 1. The highest BCUT2D eigenvalue weighted by atomic mass is 16.1. The Morgan fingerprint density at radius 2 is 1.72 bits per heavy atom. The topological polar surface area (TPSA) is 23.6 Å². The maximum absolute atomic E-state index is 10.3. The summed E-state index contributed by atoms with van der Waals surface area (Å²) >= 11 is 0. The fraction of sp³-hybridized carbons (Fsp3) is 0.533. The molecule has 0 atom stereocenters. The lowest BCUT2D eigenvalue weighted by Crippen LogP contribution is -2.48. The summed E-state index contributed by atoms with van der Waals surface area (Å²) in [5, 5.41) is 0. The first-order valence-corrected chi connectivity index (χ1v) is 6.63. The standard InChI is InChI=1S/C15H21N2O/c1-13(2)16-8-10-17(11-9-16)15-5-3-14(4-6-15)7-12-18/h3-6,13H,7-11H2,1-2H3. The summed E-state index contributed by atoms with van der Waals surface area (Å²) in [5.74, 6) is 0. The third kappa shape index (κ3) is 3.10. The number of benzene rings is 1. The van der Waals surface area contributed by atoms with Gasteiger partial charge >= 0.3 is 0 Å². The van der Waals surface area contributed by atoms with Crippen LogP contribution in [-0.2, 0) is 11.2 Å². The lowest BCUT2D eigenvalue weighted by Gasteiger charge is -2.38. The van der Waals surface area contributed by atoms with E-state index in [-0.39, 0.29) is 0 Å².